The summed E-state index contributed by atoms with van der Waals surface area (Å²) in [6.45, 7) is 6.55. The largest absolute Gasteiger partial charge is 0.369 e. The number of hydrogen-bond acceptors (Lipinski definition) is 2. The molecule has 2 aliphatic rings. The molecule has 1 heterocycles. The van der Waals surface area contributed by atoms with Crippen LogP contribution in [0.25, 0.3) is 0 Å². The molecule has 0 aromatic carbocycles. The van der Waals surface area contributed by atoms with Gasteiger partial charge in [-0.2, -0.15) is 0 Å². The van der Waals surface area contributed by atoms with Gasteiger partial charge in [0.25, 0.3) is 0 Å². The van der Waals surface area contributed by atoms with Crippen molar-refractivity contribution in [1.82, 2.24) is 5.32 Å². The van der Waals surface area contributed by atoms with E-state index in [2.05, 4.69) is 19.2 Å². The molecule has 0 radical (unpaired) electrons. The fourth-order valence-electron chi connectivity index (χ4n) is 2.11. The maximum absolute atomic E-state index is 6.08. The third-order valence-corrected chi connectivity index (χ3v) is 3.18. The summed E-state index contributed by atoms with van der Waals surface area (Å²) >= 11 is 0. The van der Waals surface area contributed by atoms with Crippen LogP contribution in [0.15, 0.2) is 0 Å². The van der Waals surface area contributed by atoms with Gasteiger partial charge in [-0.25, -0.2) is 0 Å². The third-order valence-electron chi connectivity index (χ3n) is 3.18. The first-order chi connectivity index (χ1) is 5.74. The van der Waals surface area contributed by atoms with E-state index in [1.165, 1.54) is 12.8 Å². The Morgan fingerprint density at radius 1 is 1.50 bits per heavy atom. The van der Waals surface area contributed by atoms with Gasteiger partial charge in [0.1, 0.15) is 0 Å². The second-order valence-electron chi connectivity index (χ2n) is 4.37. The summed E-state index contributed by atoms with van der Waals surface area (Å²) in [6.07, 6.45) is 4.32. The Hall–Kier alpha value is -0.0800. The number of ether oxygens (including phenoxy) is 1. The highest BCUT2D eigenvalue weighted by atomic mass is 16.5. The molecule has 2 nitrogen and oxygen atoms in total. The van der Waals surface area contributed by atoms with Crippen LogP contribution in [0.1, 0.15) is 33.1 Å². The second-order valence-corrected chi connectivity index (χ2v) is 4.37. The Morgan fingerprint density at radius 3 is 2.83 bits per heavy atom. The van der Waals surface area contributed by atoms with Crippen molar-refractivity contribution in [3.63, 3.8) is 0 Å². The van der Waals surface area contributed by atoms with Gasteiger partial charge in [-0.15, -0.1) is 0 Å². The Balaban J connectivity index is 1.96. The van der Waals surface area contributed by atoms with E-state index in [9.17, 15) is 0 Å². The molecule has 1 aliphatic carbocycles. The van der Waals surface area contributed by atoms with Crippen molar-refractivity contribution in [2.75, 3.05) is 13.1 Å². The summed E-state index contributed by atoms with van der Waals surface area (Å²) in [5.41, 5.74) is 0.152. The molecule has 0 bridgehead atoms. The quantitative estimate of drug-likeness (QED) is 0.677. The van der Waals surface area contributed by atoms with E-state index in [4.69, 9.17) is 4.74 Å². The van der Waals surface area contributed by atoms with Gasteiger partial charge < -0.3 is 10.1 Å². The van der Waals surface area contributed by atoms with E-state index in [1.807, 2.05) is 0 Å². The minimum atomic E-state index is 0.152. The molecule has 1 saturated carbocycles. The molecular weight excluding hydrogens is 150 g/mol. The van der Waals surface area contributed by atoms with Crippen LogP contribution in [0.2, 0.25) is 0 Å². The van der Waals surface area contributed by atoms with Gasteiger partial charge in [-0.3, -0.25) is 0 Å². The Bertz CT molecular complexity index is 167. The summed E-state index contributed by atoms with van der Waals surface area (Å²) in [5, 5.41) is 3.47. The Morgan fingerprint density at radius 2 is 2.25 bits per heavy atom. The van der Waals surface area contributed by atoms with E-state index in [-0.39, 0.29) is 5.60 Å². The minimum absolute atomic E-state index is 0.152. The first kappa shape index (κ1) is 8.52. The third kappa shape index (κ3) is 1.50. The lowest BCUT2D eigenvalue weighted by atomic mass is 9.97. The Labute approximate surface area is 74.7 Å². The van der Waals surface area contributed by atoms with Crippen molar-refractivity contribution in [1.29, 1.82) is 0 Å². The van der Waals surface area contributed by atoms with Gasteiger partial charge >= 0.3 is 0 Å². The predicted molar refractivity (Wildman–Crippen MR) is 49.2 cm³/mol. The van der Waals surface area contributed by atoms with Crippen molar-refractivity contribution in [2.24, 2.45) is 5.92 Å². The lowest BCUT2D eigenvalue weighted by molar-refractivity contribution is -0.118. The molecule has 0 aromatic rings. The highest BCUT2D eigenvalue weighted by Gasteiger charge is 2.45. The molecule has 2 rings (SSSR count). The average molecular weight is 169 g/mol. The standard InChI is InChI=1S/C10H19NO/c1-3-9-6-11-7-10(2,12-9)8-4-5-8/h8-9,11H,3-7H2,1-2H3. The number of rotatable bonds is 2. The molecular formula is C10H19NO. The van der Waals surface area contributed by atoms with Crippen LogP contribution in [0, 0.1) is 5.92 Å². The first-order valence-electron chi connectivity index (χ1n) is 5.13. The van der Waals surface area contributed by atoms with Gasteiger partial charge in [-0.1, -0.05) is 6.92 Å². The molecule has 2 unspecified atom stereocenters. The molecule has 0 aromatic heterocycles. The highest BCUT2D eigenvalue weighted by molar-refractivity contribution is 4.97. The van der Waals surface area contributed by atoms with Crippen LogP contribution in [0.5, 0.6) is 0 Å². The first-order valence-corrected chi connectivity index (χ1v) is 5.13. The second kappa shape index (κ2) is 3.00. The van der Waals surface area contributed by atoms with Crippen LogP contribution in [-0.4, -0.2) is 24.8 Å². The molecule has 0 amide bonds. The van der Waals surface area contributed by atoms with Crippen molar-refractivity contribution >= 4 is 0 Å². The fourth-order valence-corrected chi connectivity index (χ4v) is 2.11. The van der Waals surface area contributed by atoms with Crippen molar-refractivity contribution < 1.29 is 4.74 Å². The van der Waals surface area contributed by atoms with E-state index < -0.39 is 0 Å². The summed E-state index contributed by atoms with van der Waals surface area (Å²) in [4.78, 5) is 0. The summed E-state index contributed by atoms with van der Waals surface area (Å²) in [6, 6.07) is 0. The van der Waals surface area contributed by atoms with E-state index >= 15 is 0 Å². The molecule has 2 atom stereocenters. The number of morpholine rings is 1. The smallest absolute Gasteiger partial charge is 0.0810 e. The van der Waals surface area contributed by atoms with Crippen LogP contribution in [0.3, 0.4) is 0 Å². The lowest BCUT2D eigenvalue weighted by Crippen LogP contribution is -2.53. The predicted octanol–water partition coefficient (Wildman–Crippen LogP) is 1.55. The minimum Gasteiger partial charge on any atom is -0.369 e. The van der Waals surface area contributed by atoms with Gasteiger partial charge in [0.2, 0.25) is 0 Å². The van der Waals surface area contributed by atoms with Crippen LogP contribution in [0.4, 0.5) is 0 Å². The zero-order valence-corrected chi connectivity index (χ0v) is 8.10. The molecule has 1 saturated heterocycles. The van der Waals surface area contributed by atoms with E-state index in [1.54, 1.807) is 0 Å². The molecule has 1 aliphatic heterocycles. The van der Waals surface area contributed by atoms with Crippen LogP contribution in [-0.2, 0) is 4.74 Å². The normalized spacial score (nSPS) is 43.0. The van der Waals surface area contributed by atoms with Crippen molar-refractivity contribution in [3.8, 4) is 0 Å². The monoisotopic (exact) mass is 169 g/mol. The summed E-state index contributed by atoms with van der Waals surface area (Å²) < 4.78 is 6.08. The summed E-state index contributed by atoms with van der Waals surface area (Å²) in [5.74, 6) is 0.833. The molecule has 12 heavy (non-hydrogen) atoms. The molecule has 70 valence electrons. The van der Waals surface area contributed by atoms with E-state index in [0.717, 1.165) is 25.4 Å². The SMILES string of the molecule is CCC1CNCC(C)(C2CC2)O1. The molecule has 2 fully saturated rings. The van der Waals surface area contributed by atoms with Crippen molar-refractivity contribution in [2.45, 2.75) is 44.8 Å². The highest BCUT2D eigenvalue weighted by Crippen LogP contribution is 2.43. The topological polar surface area (TPSA) is 21.3 Å². The van der Waals surface area contributed by atoms with E-state index in [0.29, 0.717) is 6.10 Å². The Kier molecular flexibility index (Phi) is 2.13. The van der Waals surface area contributed by atoms with Gasteiger partial charge in [0.05, 0.1) is 11.7 Å². The number of hydrogen-bond donors (Lipinski definition) is 1. The zero-order valence-electron chi connectivity index (χ0n) is 8.10. The molecule has 0 spiro atoms. The van der Waals surface area contributed by atoms with Crippen LogP contribution < -0.4 is 5.32 Å². The van der Waals surface area contributed by atoms with Gasteiger partial charge in [-0.05, 0) is 32.1 Å². The lowest BCUT2D eigenvalue weighted by Gasteiger charge is -2.39. The molecule has 2 heteroatoms. The van der Waals surface area contributed by atoms with Gasteiger partial charge in [0, 0.05) is 13.1 Å². The number of nitrogens with one attached hydrogen (secondary N) is 1. The zero-order chi connectivity index (χ0) is 8.60. The van der Waals surface area contributed by atoms with Gasteiger partial charge in [0.15, 0.2) is 0 Å². The fraction of sp³-hybridized carbons (Fsp3) is 1.00. The maximum atomic E-state index is 6.08. The average Bonchev–Trinajstić information content (AvgIpc) is 2.86. The van der Waals surface area contributed by atoms with Crippen LogP contribution >= 0.6 is 0 Å². The summed E-state index contributed by atoms with van der Waals surface area (Å²) in [7, 11) is 0. The molecule has 1 N–H and O–H groups in total. The maximum Gasteiger partial charge on any atom is 0.0810 e. The van der Waals surface area contributed by atoms with Crippen molar-refractivity contribution in [3.05, 3.63) is 0 Å².